The summed E-state index contributed by atoms with van der Waals surface area (Å²) in [5.74, 6) is -0.932. The van der Waals surface area contributed by atoms with Crippen molar-refractivity contribution in [3.05, 3.63) is 65.7 Å². The number of hydrogen-bond acceptors (Lipinski definition) is 6. The lowest BCUT2D eigenvalue weighted by Gasteiger charge is -2.48. The summed E-state index contributed by atoms with van der Waals surface area (Å²) >= 11 is 0. The fourth-order valence-corrected chi connectivity index (χ4v) is 5.03. The van der Waals surface area contributed by atoms with Crippen LogP contribution in [0.3, 0.4) is 0 Å². The minimum absolute atomic E-state index is 0.215. The number of hydrogen-bond donors (Lipinski definition) is 2. The minimum Gasteiger partial charge on any atom is -0.452 e. The van der Waals surface area contributed by atoms with Crippen LogP contribution in [0.15, 0.2) is 54.6 Å². The van der Waals surface area contributed by atoms with Gasteiger partial charge >= 0.3 is 6.09 Å². The monoisotopic (exact) mass is 425 g/mol. The third kappa shape index (κ3) is 3.63. The lowest BCUT2D eigenvalue weighted by atomic mass is 9.66. The number of rotatable bonds is 5. The zero-order valence-corrected chi connectivity index (χ0v) is 17.4. The molecule has 4 atom stereocenters. The summed E-state index contributed by atoms with van der Waals surface area (Å²) in [5.41, 5.74) is 0.610. The minimum atomic E-state index is -1.31. The number of Topliss-reactive ketones (excluding diaryl/α,β-unsaturated/α-hetero) is 1. The molecular formula is C24H27NO6. The van der Waals surface area contributed by atoms with E-state index in [0.29, 0.717) is 37.1 Å². The van der Waals surface area contributed by atoms with E-state index < -0.39 is 30.3 Å². The van der Waals surface area contributed by atoms with E-state index in [4.69, 9.17) is 9.47 Å². The van der Waals surface area contributed by atoms with Crippen LogP contribution < -0.4 is 4.90 Å². The average Bonchev–Trinajstić information content (AvgIpc) is 3.06. The third-order valence-electron chi connectivity index (χ3n) is 6.50. The first-order valence-electron chi connectivity index (χ1n) is 10.5. The van der Waals surface area contributed by atoms with Crippen LogP contribution in [0.2, 0.25) is 0 Å². The van der Waals surface area contributed by atoms with E-state index in [-0.39, 0.29) is 11.9 Å². The number of carbonyl (C=O) groups excluding carboxylic acids is 2. The molecule has 0 bridgehead atoms. The van der Waals surface area contributed by atoms with Crippen molar-refractivity contribution < 1.29 is 29.3 Å². The first-order chi connectivity index (χ1) is 15.0. The summed E-state index contributed by atoms with van der Waals surface area (Å²) in [4.78, 5) is 27.8. The number of nitrogens with zero attached hydrogens (tertiary/aromatic N) is 1. The zero-order valence-electron chi connectivity index (χ0n) is 17.4. The van der Waals surface area contributed by atoms with Crippen molar-refractivity contribution in [2.45, 2.75) is 43.6 Å². The predicted molar refractivity (Wildman–Crippen MR) is 114 cm³/mol. The number of amides is 1. The lowest BCUT2D eigenvalue weighted by molar-refractivity contribution is -0.0590. The number of ether oxygens (including phenoxy) is 2. The van der Waals surface area contributed by atoms with Gasteiger partial charge in [0, 0.05) is 11.5 Å². The van der Waals surface area contributed by atoms with E-state index in [9.17, 15) is 19.8 Å². The van der Waals surface area contributed by atoms with E-state index in [2.05, 4.69) is 0 Å². The van der Waals surface area contributed by atoms with Gasteiger partial charge in [0.1, 0.15) is 5.54 Å². The molecule has 1 aliphatic heterocycles. The van der Waals surface area contributed by atoms with Crippen LogP contribution in [0.1, 0.15) is 35.2 Å². The maximum atomic E-state index is 13.6. The van der Waals surface area contributed by atoms with Crippen molar-refractivity contribution in [2.75, 3.05) is 18.6 Å². The molecule has 2 aromatic rings. The van der Waals surface area contributed by atoms with E-state index >= 15 is 0 Å². The molecule has 2 aliphatic rings. The Morgan fingerprint density at radius 2 is 1.90 bits per heavy atom. The Hall–Kier alpha value is -2.74. The maximum Gasteiger partial charge on any atom is 0.414 e. The number of para-hydroxylation sites is 1. The average molecular weight is 425 g/mol. The lowest BCUT2D eigenvalue weighted by Crippen LogP contribution is -2.64. The molecule has 1 heterocycles. The second kappa shape index (κ2) is 8.78. The first kappa shape index (κ1) is 21.5. The molecule has 1 fully saturated rings. The highest BCUT2D eigenvalue weighted by atomic mass is 16.5. The van der Waals surface area contributed by atoms with Crippen LogP contribution >= 0.6 is 0 Å². The van der Waals surface area contributed by atoms with Crippen molar-refractivity contribution in [1.82, 2.24) is 0 Å². The van der Waals surface area contributed by atoms with Crippen molar-refractivity contribution in [3.8, 4) is 0 Å². The molecule has 0 saturated heterocycles. The predicted octanol–water partition coefficient (Wildman–Crippen LogP) is 2.93. The van der Waals surface area contributed by atoms with Crippen LogP contribution in [0.25, 0.3) is 0 Å². The summed E-state index contributed by atoms with van der Waals surface area (Å²) in [6, 6.07) is 16.7. The normalized spacial score (nSPS) is 26.0. The number of anilines is 1. The Balaban J connectivity index is 1.66. The number of methoxy groups -OCH3 is 1. The van der Waals surface area contributed by atoms with Crippen LogP contribution in [0, 0.1) is 5.92 Å². The Kier molecular flexibility index (Phi) is 6.09. The summed E-state index contributed by atoms with van der Waals surface area (Å²) in [6.45, 7) is -0.105. The summed E-state index contributed by atoms with van der Waals surface area (Å²) < 4.78 is 11.1. The van der Waals surface area contributed by atoms with E-state index in [1.165, 1.54) is 12.0 Å². The number of ketones is 1. The van der Waals surface area contributed by atoms with Gasteiger partial charge in [-0.2, -0.15) is 0 Å². The molecule has 1 saturated carbocycles. The number of carbonyl (C=O) groups is 2. The molecule has 4 rings (SSSR count). The van der Waals surface area contributed by atoms with Crippen molar-refractivity contribution in [2.24, 2.45) is 5.92 Å². The molecule has 7 nitrogen and oxygen atoms in total. The summed E-state index contributed by atoms with van der Waals surface area (Å²) in [7, 11) is 1.27. The van der Waals surface area contributed by atoms with Gasteiger partial charge in [-0.25, -0.2) is 4.79 Å². The van der Waals surface area contributed by atoms with Gasteiger partial charge in [-0.05, 0) is 37.0 Å². The van der Waals surface area contributed by atoms with Crippen molar-refractivity contribution >= 4 is 17.6 Å². The topological polar surface area (TPSA) is 96.3 Å². The van der Waals surface area contributed by atoms with Gasteiger partial charge in [0.15, 0.2) is 5.78 Å². The molecule has 0 aromatic heterocycles. The van der Waals surface area contributed by atoms with Gasteiger partial charge in [0.05, 0.1) is 38.2 Å². The van der Waals surface area contributed by atoms with E-state index in [1.54, 1.807) is 24.3 Å². The summed E-state index contributed by atoms with van der Waals surface area (Å²) in [5, 5.41) is 20.5. The Bertz CT molecular complexity index is 948. The van der Waals surface area contributed by atoms with Gasteiger partial charge in [0.25, 0.3) is 0 Å². The molecular weight excluding hydrogens is 398 g/mol. The van der Waals surface area contributed by atoms with Crippen LogP contribution in [-0.2, 0) is 16.1 Å². The van der Waals surface area contributed by atoms with Gasteiger partial charge < -0.3 is 19.7 Å². The van der Waals surface area contributed by atoms with Gasteiger partial charge in [-0.3, -0.25) is 9.69 Å². The van der Waals surface area contributed by atoms with Crippen LogP contribution in [0.4, 0.5) is 10.5 Å². The second-order valence-electron chi connectivity index (χ2n) is 8.13. The summed E-state index contributed by atoms with van der Waals surface area (Å²) in [6.07, 6.45) is -0.883. The molecule has 164 valence electrons. The fourth-order valence-electron chi connectivity index (χ4n) is 5.03. The fraction of sp³-hybridized carbons (Fsp3) is 0.417. The molecule has 7 heteroatoms. The van der Waals surface area contributed by atoms with Gasteiger partial charge in [-0.1, -0.05) is 42.5 Å². The molecule has 1 aliphatic carbocycles. The van der Waals surface area contributed by atoms with Crippen LogP contribution in [0.5, 0.6) is 0 Å². The Morgan fingerprint density at radius 1 is 1.19 bits per heavy atom. The van der Waals surface area contributed by atoms with E-state index in [1.807, 2.05) is 30.3 Å². The quantitative estimate of drug-likeness (QED) is 0.765. The highest BCUT2D eigenvalue weighted by molar-refractivity contribution is 6.19. The number of aliphatic hydroxyl groups excluding tert-OH is 2. The molecule has 1 spiro atoms. The number of aliphatic hydroxyl groups is 2. The zero-order chi connectivity index (χ0) is 22.0. The standard InChI is InChI=1S/C24H27NO6/c1-30-23(29)25-20-10-6-5-9-18(20)22(28)24(25)12-11-17(13-19(24)21(27)14-26)31-15-16-7-3-2-4-8-16/h2-10,17,19,21,26-27H,11-15H2,1H3/t17-,19-,21?,24+/m0/s1. The van der Waals surface area contributed by atoms with Gasteiger partial charge in [0.2, 0.25) is 0 Å². The highest BCUT2D eigenvalue weighted by Crippen LogP contribution is 2.51. The number of fused-ring (bicyclic) bond motifs is 1. The molecule has 1 unspecified atom stereocenters. The smallest absolute Gasteiger partial charge is 0.414 e. The maximum absolute atomic E-state index is 13.6. The van der Waals surface area contributed by atoms with Gasteiger partial charge in [-0.15, -0.1) is 0 Å². The molecule has 0 radical (unpaired) electrons. The first-order valence-corrected chi connectivity index (χ1v) is 10.5. The second-order valence-corrected chi connectivity index (χ2v) is 8.13. The van der Waals surface area contributed by atoms with Crippen LogP contribution in [-0.4, -0.2) is 53.6 Å². The largest absolute Gasteiger partial charge is 0.452 e. The Labute approximate surface area is 181 Å². The van der Waals surface area contributed by atoms with Crippen molar-refractivity contribution in [3.63, 3.8) is 0 Å². The SMILES string of the molecule is COC(=O)N1c2ccccc2C(=O)[C@]12CC[C@H](OCc1ccccc1)C[C@H]2C(O)CO. The Morgan fingerprint density at radius 3 is 2.61 bits per heavy atom. The van der Waals surface area contributed by atoms with E-state index in [0.717, 1.165) is 5.56 Å². The highest BCUT2D eigenvalue weighted by Gasteiger charge is 2.62. The molecule has 2 N–H and O–H groups in total. The molecule has 1 amide bonds. The number of benzene rings is 2. The molecule has 31 heavy (non-hydrogen) atoms. The van der Waals surface area contributed by atoms with Crippen molar-refractivity contribution in [1.29, 1.82) is 0 Å². The third-order valence-corrected chi connectivity index (χ3v) is 6.50. The molecule has 2 aromatic carbocycles.